The maximum absolute atomic E-state index is 11.6. The number of carbonyl (C=O) groups excluding carboxylic acids is 1. The smallest absolute Gasteiger partial charge is 0.306 e. The molecule has 0 spiro atoms. The highest BCUT2D eigenvalue weighted by Crippen LogP contribution is 2.37. The Morgan fingerprint density at radius 3 is 2.04 bits per heavy atom. The first-order valence-corrected chi connectivity index (χ1v) is 11.8. The lowest BCUT2D eigenvalue weighted by Crippen LogP contribution is -2.66. The first-order valence-electron chi connectivity index (χ1n) is 9.88. The number of hydrogen-bond donors (Lipinski definition) is 0. The lowest BCUT2D eigenvalue weighted by Gasteiger charge is -2.43. The first kappa shape index (κ1) is 19.8. The molecule has 1 aliphatic heterocycles. The van der Waals surface area contributed by atoms with E-state index in [0.717, 1.165) is 19.3 Å². The van der Waals surface area contributed by atoms with Gasteiger partial charge in [-0.25, -0.2) is 0 Å². The molecule has 0 N–H and O–H groups in total. The van der Waals surface area contributed by atoms with Crippen LogP contribution in [-0.2, 0) is 14.0 Å². The fraction of sp³-hybridized carbons (Fsp3) is 0.435. The molecule has 1 atom stereocenters. The Balaban J connectivity index is 1.90. The maximum atomic E-state index is 11.6. The molecule has 3 rings (SSSR count). The van der Waals surface area contributed by atoms with Crippen molar-refractivity contribution in [3.05, 3.63) is 60.7 Å². The molecule has 2 aromatic carbocycles. The number of esters is 1. The van der Waals surface area contributed by atoms with Crippen molar-refractivity contribution in [2.24, 2.45) is 0 Å². The molecule has 144 valence electrons. The van der Waals surface area contributed by atoms with E-state index in [0.29, 0.717) is 13.0 Å². The Morgan fingerprint density at radius 2 is 1.56 bits per heavy atom. The third-order valence-corrected chi connectivity index (χ3v) is 10.4. The molecule has 1 aliphatic rings. The zero-order chi connectivity index (χ0) is 19.3. The summed E-state index contributed by atoms with van der Waals surface area (Å²) in [6.07, 6.45) is 3.16. The van der Waals surface area contributed by atoms with Gasteiger partial charge in [0.25, 0.3) is 8.32 Å². The van der Waals surface area contributed by atoms with E-state index in [4.69, 9.17) is 9.16 Å². The largest absolute Gasteiger partial charge is 0.462 e. The molecule has 1 saturated heterocycles. The number of hydrogen-bond acceptors (Lipinski definition) is 3. The van der Waals surface area contributed by atoms with Crippen LogP contribution in [0.4, 0.5) is 0 Å². The minimum Gasteiger partial charge on any atom is -0.462 e. The summed E-state index contributed by atoms with van der Waals surface area (Å²) in [4.78, 5) is 11.6. The number of carbonyl (C=O) groups is 1. The Labute approximate surface area is 163 Å². The minimum absolute atomic E-state index is 0.00975. The van der Waals surface area contributed by atoms with Gasteiger partial charge in [-0.3, -0.25) is 4.79 Å². The Kier molecular flexibility index (Phi) is 6.17. The van der Waals surface area contributed by atoms with E-state index in [2.05, 4.69) is 81.4 Å². The predicted octanol–water partition coefficient (Wildman–Crippen LogP) is 4.05. The first-order chi connectivity index (χ1) is 12.9. The van der Waals surface area contributed by atoms with Gasteiger partial charge in [-0.05, 0) is 28.3 Å². The summed E-state index contributed by atoms with van der Waals surface area (Å²) in [5.41, 5.74) is 0. The second-order valence-electron chi connectivity index (χ2n) is 8.30. The summed E-state index contributed by atoms with van der Waals surface area (Å²) in [7, 11) is -2.49. The quantitative estimate of drug-likeness (QED) is 0.558. The standard InChI is InChI=1S/C23H30O3Si/c1-23(2,3)27(20-12-6-4-7-13-20,21-14-8-5-9-15-21)25-18-17-19-11-10-16-22(24)26-19/h4-9,12-15,19H,10-11,16-18H2,1-3H3/t19-/m1/s1. The highest BCUT2D eigenvalue weighted by atomic mass is 28.4. The van der Waals surface area contributed by atoms with Gasteiger partial charge in [0.1, 0.15) is 6.10 Å². The minimum atomic E-state index is -2.49. The normalized spacial score (nSPS) is 18.2. The third kappa shape index (κ3) is 4.33. The molecule has 3 nitrogen and oxygen atoms in total. The predicted molar refractivity (Wildman–Crippen MR) is 112 cm³/mol. The van der Waals surface area contributed by atoms with Crippen molar-refractivity contribution in [2.75, 3.05) is 6.61 Å². The Hall–Kier alpha value is -1.91. The van der Waals surface area contributed by atoms with Crippen LogP contribution in [0.3, 0.4) is 0 Å². The number of benzene rings is 2. The van der Waals surface area contributed by atoms with Gasteiger partial charge < -0.3 is 9.16 Å². The van der Waals surface area contributed by atoms with Crippen molar-refractivity contribution >= 4 is 24.7 Å². The van der Waals surface area contributed by atoms with Gasteiger partial charge >= 0.3 is 5.97 Å². The lowest BCUT2D eigenvalue weighted by atomic mass is 10.1. The van der Waals surface area contributed by atoms with Gasteiger partial charge in [-0.15, -0.1) is 0 Å². The van der Waals surface area contributed by atoms with E-state index in [1.807, 2.05) is 0 Å². The Bertz CT molecular complexity index is 698. The van der Waals surface area contributed by atoms with Crippen LogP contribution in [-0.4, -0.2) is 27.0 Å². The molecule has 2 aromatic rings. The van der Waals surface area contributed by atoms with Crippen molar-refractivity contribution in [2.45, 2.75) is 57.6 Å². The number of cyclic esters (lactones) is 1. The summed E-state index contributed by atoms with van der Waals surface area (Å²) in [6.45, 7) is 7.44. The van der Waals surface area contributed by atoms with Crippen LogP contribution >= 0.6 is 0 Å². The van der Waals surface area contributed by atoms with E-state index in [-0.39, 0.29) is 17.1 Å². The molecular weight excluding hydrogens is 352 g/mol. The van der Waals surface area contributed by atoms with Gasteiger partial charge in [0.15, 0.2) is 0 Å². The molecule has 0 aliphatic carbocycles. The van der Waals surface area contributed by atoms with Crippen LogP contribution in [0.2, 0.25) is 5.04 Å². The molecule has 1 fully saturated rings. The summed E-state index contributed by atoms with van der Waals surface area (Å²) >= 11 is 0. The fourth-order valence-electron chi connectivity index (χ4n) is 4.09. The second-order valence-corrected chi connectivity index (χ2v) is 12.6. The molecule has 1 heterocycles. The summed E-state index contributed by atoms with van der Waals surface area (Å²) in [5.74, 6) is -0.0725. The molecule has 4 heteroatoms. The fourth-order valence-corrected chi connectivity index (χ4v) is 8.67. The van der Waals surface area contributed by atoms with Crippen molar-refractivity contribution < 1.29 is 14.0 Å². The van der Waals surface area contributed by atoms with Crippen LogP contribution in [0.1, 0.15) is 46.5 Å². The summed E-state index contributed by atoms with van der Waals surface area (Å²) in [5, 5.41) is 2.53. The van der Waals surface area contributed by atoms with E-state index >= 15 is 0 Å². The number of ether oxygens (including phenoxy) is 1. The van der Waals surface area contributed by atoms with Gasteiger partial charge in [0.05, 0.1) is 0 Å². The second kappa shape index (κ2) is 8.40. The van der Waals surface area contributed by atoms with E-state index in [9.17, 15) is 4.79 Å². The molecule has 0 unspecified atom stereocenters. The van der Waals surface area contributed by atoms with Crippen LogP contribution < -0.4 is 10.4 Å². The monoisotopic (exact) mass is 382 g/mol. The van der Waals surface area contributed by atoms with Crippen molar-refractivity contribution in [3.63, 3.8) is 0 Å². The Morgan fingerprint density at radius 1 is 1.00 bits per heavy atom. The van der Waals surface area contributed by atoms with Crippen molar-refractivity contribution in [3.8, 4) is 0 Å². The molecule has 0 bridgehead atoms. The van der Waals surface area contributed by atoms with Gasteiger partial charge in [-0.2, -0.15) is 0 Å². The van der Waals surface area contributed by atoms with E-state index in [1.165, 1.54) is 10.4 Å². The summed E-state index contributed by atoms with van der Waals surface area (Å²) in [6, 6.07) is 21.3. The summed E-state index contributed by atoms with van der Waals surface area (Å²) < 4.78 is 12.3. The van der Waals surface area contributed by atoms with Crippen molar-refractivity contribution in [1.29, 1.82) is 0 Å². The van der Waals surface area contributed by atoms with Gasteiger partial charge in [-0.1, -0.05) is 81.4 Å². The zero-order valence-electron chi connectivity index (χ0n) is 16.6. The molecular formula is C23H30O3Si. The third-order valence-electron chi connectivity index (χ3n) is 5.38. The zero-order valence-corrected chi connectivity index (χ0v) is 17.6. The van der Waals surface area contributed by atoms with Gasteiger partial charge in [0.2, 0.25) is 0 Å². The lowest BCUT2D eigenvalue weighted by molar-refractivity contribution is -0.154. The van der Waals surface area contributed by atoms with Crippen LogP contribution in [0.5, 0.6) is 0 Å². The van der Waals surface area contributed by atoms with Crippen LogP contribution in [0.15, 0.2) is 60.7 Å². The topological polar surface area (TPSA) is 35.5 Å². The highest BCUT2D eigenvalue weighted by molar-refractivity contribution is 6.99. The molecule has 0 radical (unpaired) electrons. The molecule has 0 saturated carbocycles. The number of rotatable bonds is 6. The van der Waals surface area contributed by atoms with E-state index < -0.39 is 8.32 Å². The van der Waals surface area contributed by atoms with Crippen molar-refractivity contribution in [1.82, 2.24) is 0 Å². The van der Waals surface area contributed by atoms with E-state index in [1.54, 1.807) is 0 Å². The van der Waals surface area contributed by atoms with Gasteiger partial charge in [0, 0.05) is 19.4 Å². The molecule has 0 amide bonds. The maximum Gasteiger partial charge on any atom is 0.306 e. The van der Waals surface area contributed by atoms with Crippen LogP contribution in [0, 0.1) is 0 Å². The molecule has 0 aromatic heterocycles. The SMILES string of the molecule is CC(C)(C)[Si](OCC[C@H]1CCCC(=O)O1)(c1ccccc1)c1ccccc1. The average molecular weight is 383 g/mol. The highest BCUT2D eigenvalue weighted by Gasteiger charge is 2.50. The average Bonchev–Trinajstić information content (AvgIpc) is 2.66. The van der Waals surface area contributed by atoms with Crippen LogP contribution in [0.25, 0.3) is 0 Å². The molecule has 27 heavy (non-hydrogen) atoms.